The molecule has 0 aliphatic rings. The molecule has 1 rings (SSSR count). The van der Waals surface area contributed by atoms with Crippen LogP contribution in [0.3, 0.4) is 0 Å². The molecule has 0 aliphatic carbocycles. The Bertz CT molecular complexity index is 327. The largest absolute Gasteiger partial charge is 0.395 e. The van der Waals surface area contributed by atoms with Crippen molar-refractivity contribution in [3.63, 3.8) is 0 Å². The number of rotatable bonds is 2. The molecule has 0 atom stereocenters. The van der Waals surface area contributed by atoms with Gasteiger partial charge in [0.05, 0.1) is 6.61 Å². The van der Waals surface area contributed by atoms with Crippen molar-refractivity contribution in [3.05, 3.63) is 23.9 Å². The molecule has 0 amide bonds. The summed E-state index contributed by atoms with van der Waals surface area (Å²) in [6.07, 6.45) is 0.460. The number of nitrogens with zero attached hydrogens (tertiary/aromatic N) is 1. The molecule has 13 heavy (non-hydrogen) atoms. The second kappa shape index (κ2) is 5.14. The zero-order valence-corrected chi connectivity index (χ0v) is 7.12. The van der Waals surface area contributed by atoms with Crippen LogP contribution in [0.1, 0.15) is 12.1 Å². The summed E-state index contributed by atoms with van der Waals surface area (Å²) in [5.74, 6) is 11.3. The van der Waals surface area contributed by atoms with Gasteiger partial charge in [0, 0.05) is 6.42 Å². The van der Waals surface area contributed by atoms with E-state index in [-0.39, 0.29) is 6.61 Å². The third kappa shape index (κ3) is 3.11. The number of aromatic nitrogens is 1. The van der Waals surface area contributed by atoms with E-state index in [1.807, 2.05) is 6.07 Å². The molecule has 68 valence electrons. The number of hydrogen-bond donors (Lipinski definition) is 3. The number of aliphatic hydroxyl groups is 1. The highest BCUT2D eigenvalue weighted by molar-refractivity contribution is 5.38. The first kappa shape index (κ1) is 9.52. The molecule has 0 aliphatic heterocycles. The second-order valence-electron chi connectivity index (χ2n) is 2.33. The van der Waals surface area contributed by atoms with Gasteiger partial charge in [0.25, 0.3) is 0 Å². The van der Waals surface area contributed by atoms with E-state index in [1.165, 1.54) is 0 Å². The van der Waals surface area contributed by atoms with Gasteiger partial charge < -0.3 is 10.5 Å². The smallest absolute Gasteiger partial charge is 0.141 e. The normalized spacial score (nSPS) is 8.77. The lowest BCUT2D eigenvalue weighted by Crippen LogP contribution is -2.08. The van der Waals surface area contributed by atoms with Crippen LogP contribution in [-0.4, -0.2) is 16.7 Å². The summed E-state index contributed by atoms with van der Waals surface area (Å²) in [7, 11) is 0. The van der Waals surface area contributed by atoms with Crippen molar-refractivity contribution in [2.45, 2.75) is 6.42 Å². The summed E-state index contributed by atoms with van der Waals surface area (Å²) < 4.78 is 0. The third-order valence-corrected chi connectivity index (χ3v) is 1.35. The van der Waals surface area contributed by atoms with Crippen molar-refractivity contribution in [1.29, 1.82) is 0 Å². The van der Waals surface area contributed by atoms with Crippen molar-refractivity contribution >= 4 is 5.82 Å². The summed E-state index contributed by atoms with van der Waals surface area (Å²) in [5, 5.41) is 8.49. The van der Waals surface area contributed by atoms with Crippen molar-refractivity contribution < 1.29 is 5.11 Å². The Hall–Kier alpha value is -1.57. The van der Waals surface area contributed by atoms with Gasteiger partial charge in [-0.1, -0.05) is 12.0 Å². The lowest BCUT2D eigenvalue weighted by molar-refractivity contribution is 0.305. The quantitative estimate of drug-likeness (QED) is 0.340. The predicted octanol–water partition coefficient (Wildman–Crippen LogP) is 0.101. The van der Waals surface area contributed by atoms with Crippen LogP contribution in [0.5, 0.6) is 0 Å². The Balaban J connectivity index is 2.73. The third-order valence-electron chi connectivity index (χ3n) is 1.35. The summed E-state index contributed by atoms with van der Waals surface area (Å²) in [4.78, 5) is 4.07. The molecule has 4 nitrogen and oxygen atoms in total. The van der Waals surface area contributed by atoms with Crippen LogP contribution in [0.25, 0.3) is 0 Å². The van der Waals surface area contributed by atoms with Gasteiger partial charge in [0.15, 0.2) is 0 Å². The van der Waals surface area contributed by atoms with E-state index < -0.39 is 0 Å². The van der Waals surface area contributed by atoms with Crippen LogP contribution in [0.2, 0.25) is 0 Å². The van der Waals surface area contributed by atoms with E-state index >= 15 is 0 Å². The van der Waals surface area contributed by atoms with Crippen LogP contribution in [0, 0.1) is 11.8 Å². The minimum Gasteiger partial charge on any atom is -0.395 e. The molecular weight excluding hydrogens is 166 g/mol. The number of hydrogen-bond acceptors (Lipinski definition) is 4. The zero-order valence-electron chi connectivity index (χ0n) is 7.12. The molecule has 0 saturated carbocycles. The fraction of sp³-hybridized carbons (Fsp3) is 0.222. The average Bonchev–Trinajstić information content (AvgIpc) is 2.19. The van der Waals surface area contributed by atoms with Gasteiger partial charge in [0.1, 0.15) is 11.5 Å². The van der Waals surface area contributed by atoms with Gasteiger partial charge in [-0.05, 0) is 18.1 Å². The molecule has 0 bridgehead atoms. The predicted molar refractivity (Wildman–Crippen MR) is 50.6 cm³/mol. The molecule has 4 heteroatoms. The molecule has 0 spiro atoms. The van der Waals surface area contributed by atoms with Gasteiger partial charge in [-0.25, -0.2) is 10.8 Å². The standard InChI is InChI=1S/C9H11N3O/c10-12-9-6-3-5-8(11-9)4-1-2-7-13/h3,5-6,13H,2,7,10H2,(H,11,12). The monoisotopic (exact) mass is 177 g/mol. The van der Waals surface area contributed by atoms with Gasteiger partial charge in [-0.3, -0.25) is 0 Å². The van der Waals surface area contributed by atoms with Crippen molar-refractivity contribution in [3.8, 4) is 11.8 Å². The van der Waals surface area contributed by atoms with E-state index in [1.54, 1.807) is 12.1 Å². The minimum atomic E-state index is 0.0713. The first-order valence-electron chi connectivity index (χ1n) is 3.90. The molecule has 0 fully saturated rings. The van der Waals surface area contributed by atoms with Crippen molar-refractivity contribution in [2.24, 2.45) is 5.84 Å². The molecule has 4 N–H and O–H groups in total. The van der Waals surface area contributed by atoms with Gasteiger partial charge in [-0.2, -0.15) is 0 Å². The van der Waals surface area contributed by atoms with Crippen LogP contribution < -0.4 is 11.3 Å². The van der Waals surface area contributed by atoms with E-state index in [0.717, 1.165) is 0 Å². The first-order valence-corrected chi connectivity index (χ1v) is 3.90. The van der Waals surface area contributed by atoms with E-state index in [9.17, 15) is 0 Å². The lowest BCUT2D eigenvalue weighted by Gasteiger charge is -1.97. The Morgan fingerprint density at radius 2 is 2.38 bits per heavy atom. The first-order chi connectivity index (χ1) is 6.36. The fourth-order valence-electron chi connectivity index (χ4n) is 0.794. The summed E-state index contributed by atoms with van der Waals surface area (Å²) in [5.41, 5.74) is 3.07. The lowest BCUT2D eigenvalue weighted by atomic mass is 10.3. The molecule has 1 heterocycles. The number of aliphatic hydroxyl groups excluding tert-OH is 1. The van der Waals surface area contributed by atoms with Crippen molar-refractivity contribution in [1.82, 2.24) is 4.98 Å². The Kier molecular flexibility index (Phi) is 3.76. The minimum absolute atomic E-state index is 0.0713. The summed E-state index contributed by atoms with van der Waals surface area (Å²) >= 11 is 0. The van der Waals surface area contributed by atoms with Crippen LogP contribution in [-0.2, 0) is 0 Å². The van der Waals surface area contributed by atoms with Crippen LogP contribution in [0.4, 0.5) is 5.82 Å². The number of nitrogens with one attached hydrogen (secondary N) is 1. The highest BCUT2D eigenvalue weighted by Gasteiger charge is 1.90. The van der Waals surface area contributed by atoms with Crippen LogP contribution >= 0.6 is 0 Å². The van der Waals surface area contributed by atoms with E-state index in [0.29, 0.717) is 17.9 Å². The van der Waals surface area contributed by atoms with Gasteiger partial charge in [-0.15, -0.1) is 0 Å². The maximum absolute atomic E-state index is 8.49. The molecule has 0 aromatic carbocycles. The molecule has 1 aromatic heterocycles. The molecule has 0 unspecified atom stereocenters. The Labute approximate surface area is 76.8 Å². The topological polar surface area (TPSA) is 71.2 Å². The number of pyridine rings is 1. The molecule has 0 saturated heterocycles. The second-order valence-corrected chi connectivity index (χ2v) is 2.33. The Morgan fingerprint density at radius 1 is 1.54 bits per heavy atom. The number of anilines is 1. The highest BCUT2D eigenvalue weighted by Crippen LogP contribution is 2.01. The van der Waals surface area contributed by atoms with E-state index in [2.05, 4.69) is 22.3 Å². The average molecular weight is 177 g/mol. The van der Waals surface area contributed by atoms with Gasteiger partial charge >= 0.3 is 0 Å². The zero-order chi connectivity index (χ0) is 9.52. The van der Waals surface area contributed by atoms with Gasteiger partial charge in [0.2, 0.25) is 0 Å². The maximum Gasteiger partial charge on any atom is 0.141 e. The van der Waals surface area contributed by atoms with Crippen LogP contribution in [0.15, 0.2) is 18.2 Å². The fourth-order valence-corrected chi connectivity index (χ4v) is 0.794. The van der Waals surface area contributed by atoms with E-state index in [4.69, 9.17) is 10.9 Å². The molecular formula is C9H11N3O. The SMILES string of the molecule is NNc1cccc(C#CCCO)n1. The number of nitrogen functional groups attached to an aromatic ring is 1. The maximum atomic E-state index is 8.49. The Morgan fingerprint density at radius 3 is 3.08 bits per heavy atom. The van der Waals surface area contributed by atoms with Crippen molar-refractivity contribution in [2.75, 3.05) is 12.0 Å². The molecule has 1 aromatic rings. The number of hydrazine groups is 1. The summed E-state index contributed by atoms with van der Waals surface area (Å²) in [6.45, 7) is 0.0713. The molecule has 0 radical (unpaired) electrons. The number of nitrogens with two attached hydrogens (primary N) is 1. The summed E-state index contributed by atoms with van der Waals surface area (Å²) in [6, 6.07) is 5.34. The highest BCUT2D eigenvalue weighted by atomic mass is 16.2.